The maximum atomic E-state index is 13.7. The third-order valence-corrected chi connectivity index (χ3v) is 3.28. The molecule has 3 rings (SSSR count). The zero-order valence-electron chi connectivity index (χ0n) is 11.3. The van der Waals surface area contributed by atoms with E-state index in [0.717, 1.165) is 11.8 Å². The summed E-state index contributed by atoms with van der Waals surface area (Å²) in [6, 6.07) is 13.4. The van der Waals surface area contributed by atoms with Crippen LogP contribution in [-0.4, -0.2) is 15.7 Å². The Hall–Kier alpha value is -2.66. The molecule has 3 aromatic rings. The molecule has 110 valence electrons. The minimum Gasteiger partial charge on any atom is -0.319 e. The van der Waals surface area contributed by atoms with Gasteiger partial charge in [-0.2, -0.15) is 5.10 Å². The summed E-state index contributed by atoms with van der Waals surface area (Å²) in [5.74, 6) is -1.03. The molecule has 0 aliphatic heterocycles. The molecular weight excluding hydrogens is 305 g/mol. The van der Waals surface area contributed by atoms with Crippen LogP contribution in [-0.2, 0) is 0 Å². The fraction of sp³-hybridized carbons (Fsp3) is 0. The highest BCUT2D eigenvalue weighted by atomic mass is 35.5. The fourth-order valence-electron chi connectivity index (χ4n) is 1.95. The first-order valence-electron chi connectivity index (χ1n) is 6.50. The summed E-state index contributed by atoms with van der Waals surface area (Å²) in [6.07, 6.45) is 3.01. The number of benzene rings is 2. The molecule has 0 fully saturated rings. The Labute approximate surface area is 131 Å². The van der Waals surface area contributed by atoms with Crippen molar-refractivity contribution in [2.24, 2.45) is 0 Å². The number of hydrogen-bond acceptors (Lipinski definition) is 2. The van der Waals surface area contributed by atoms with Crippen molar-refractivity contribution in [3.05, 3.63) is 77.3 Å². The van der Waals surface area contributed by atoms with E-state index in [2.05, 4.69) is 10.4 Å². The van der Waals surface area contributed by atoms with E-state index in [1.807, 2.05) is 30.3 Å². The van der Waals surface area contributed by atoms with E-state index in [1.54, 1.807) is 10.9 Å². The topological polar surface area (TPSA) is 46.9 Å². The largest absolute Gasteiger partial charge is 0.319 e. The molecule has 4 nitrogen and oxygen atoms in total. The molecule has 0 radical (unpaired) electrons. The lowest BCUT2D eigenvalue weighted by molar-refractivity contribution is 0.102. The van der Waals surface area contributed by atoms with Crippen LogP contribution in [0.4, 0.5) is 10.1 Å². The van der Waals surface area contributed by atoms with Crippen LogP contribution in [0.25, 0.3) is 5.69 Å². The Morgan fingerprint density at radius 3 is 2.68 bits per heavy atom. The highest BCUT2D eigenvalue weighted by molar-refractivity contribution is 6.30. The first kappa shape index (κ1) is 14.3. The molecule has 0 saturated carbocycles. The maximum absolute atomic E-state index is 13.7. The molecule has 0 spiro atoms. The van der Waals surface area contributed by atoms with E-state index in [1.165, 1.54) is 18.3 Å². The highest BCUT2D eigenvalue weighted by Gasteiger charge is 2.12. The van der Waals surface area contributed by atoms with E-state index >= 15 is 0 Å². The smallest absolute Gasteiger partial charge is 0.258 e. The van der Waals surface area contributed by atoms with Gasteiger partial charge in [-0.05, 0) is 30.3 Å². The molecule has 0 saturated heterocycles. The van der Waals surface area contributed by atoms with Crippen LogP contribution in [0.3, 0.4) is 0 Å². The highest BCUT2D eigenvalue weighted by Crippen LogP contribution is 2.19. The SMILES string of the molecule is O=C(Nc1ccc(Cl)cc1F)c1cnn(-c2ccccc2)c1. The third kappa shape index (κ3) is 2.99. The van der Waals surface area contributed by atoms with E-state index in [-0.39, 0.29) is 10.7 Å². The number of carbonyl (C=O) groups is 1. The van der Waals surface area contributed by atoms with Crippen LogP contribution in [0.15, 0.2) is 60.9 Å². The summed E-state index contributed by atoms with van der Waals surface area (Å²) in [7, 11) is 0. The molecule has 2 aromatic carbocycles. The van der Waals surface area contributed by atoms with Gasteiger partial charge in [0.15, 0.2) is 0 Å². The van der Waals surface area contributed by atoms with Crippen LogP contribution < -0.4 is 5.32 Å². The van der Waals surface area contributed by atoms with Gasteiger partial charge in [0.05, 0.1) is 23.1 Å². The number of hydrogen-bond donors (Lipinski definition) is 1. The molecular formula is C16H11ClFN3O. The number of anilines is 1. The summed E-state index contributed by atoms with van der Waals surface area (Å²) in [5, 5.41) is 6.89. The van der Waals surface area contributed by atoms with E-state index in [4.69, 9.17) is 11.6 Å². The van der Waals surface area contributed by atoms with Crippen LogP contribution in [0.5, 0.6) is 0 Å². The van der Waals surface area contributed by atoms with Crippen molar-refractivity contribution in [2.75, 3.05) is 5.32 Å². The van der Waals surface area contributed by atoms with Crippen LogP contribution in [0.2, 0.25) is 5.02 Å². The molecule has 1 N–H and O–H groups in total. The number of para-hydroxylation sites is 1. The summed E-state index contributed by atoms with van der Waals surface area (Å²) < 4.78 is 15.3. The lowest BCUT2D eigenvalue weighted by Gasteiger charge is -2.05. The van der Waals surface area contributed by atoms with Gasteiger partial charge in [-0.1, -0.05) is 29.8 Å². The van der Waals surface area contributed by atoms with Crippen molar-refractivity contribution in [1.29, 1.82) is 0 Å². The second kappa shape index (κ2) is 5.99. The predicted molar refractivity (Wildman–Crippen MR) is 82.9 cm³/mol. The second-order valence-electron chi connectivity index (χ2n) is 4.59. The van der Waals surface area contributed by atoms with Crippen molar-refractivity contribution in [2.45, 2.75) is 0 Å². The predicted octanol–water partition coefficient (Wildman–Crippen LogP) is 3.92. The standard InChI is InChI=1S/C16H11ClFN3O/c17-12-6-7-15(14(18)8-12)20-16(22)11-9-19-21(10-11)13-4-2-1-3-5-13/h1-10H,(H,20,22). The molecule has 22 heavy (non-hydrogen) atoms. The molecule has 0 aliphatic rings. The number of nitrogens with one attached hydrogen (secondary N) is 1. The van der Waals surface area contributed by atoms with Crippen LogP contribution in [0, 0.1) is 5.82 Å². The first-order chi connectivity index (χ1) is 10.6. The number of nitrogens with zero attached hydrogens (tertiary/aromatic N) is 2. The second-order valence-corrected chi connectivity index (χ2v) is 5.02. The zero-order chi connectivity index (χ0) is 15.5. The van der Waals surface area contributed by atoms with Gasteiger partial charge in [0.2, 0.25) is 0 Å². The number of carbonyl (C=O) groups excluding carboxylic acids is 1. The average Bonchev–Trinajstić information content (AvgIpc) is 3.01. The van der Waals surface area contributed by atoms with Gasteiger partial charge in [0.1, 0.15) is 5.82 Å². The minimum absolute atomic E-state index is 0.0712. The zero-order valence-corrected chi connectivity index (χ0v) is 12.1. The molecule has 0 bridgehead atoms. The number of amides is 1. The van der Waals surface area contributed by atoms with Gasteiger partial charge >= 0.3 is 0 Å². The molecule has 6 heteroatoms. The molecule has 0 atom stereocenters. The Balaban J connectivity index is 1.80. The average molecular weight is 316 g/mol. The van der Waals surface area contributed by atoms with E-state index in [0.29, 0.717) is 5.56 Å². The summed E-state index contributed by atoms with van der Waals surface area (Å²) in [6.45, 7) is 0. The van der Waals surface area contributed by atoms with Crippen molar-refractivity contribution in [3.8, 4) is 5.69 Å². The van der Waals surface area contributed by atoms with Crippen molar-refractivity contribution >= 4 is 23.2 Å². The van der Waals surface area contributed by atoms with E-state index < -0.39 is 11.7 Å². The Morgan fingerprint density at radius 1 is 1.18 bits per heavy atom. The number of rotatable bonds is 3. The van der Waals surface area contributed by atoms with Crippen LogP contribution >= 0.6 is 11.6 Å². The Morgan fingerprint density at radius 2 is 1.95 bits per heavy atom. The van der Waals surface area contributed by atoms with Crippen LogP contribution in [0.1, 0.15) is 10.4 Å². The molecule has 0 unspecified atom stereocenters. The maximum Gasteiger partial charge on any atom is 0.258 e. The van der Waals surface area contributed by atoms with Gasteiger partial charge in [-0.25, -0.2) is 9.07 Å². The summed E-state index contributed by atoms with van der Waals surface area (Å²) >= 11 is 5.68. The van der Waals surface area contributed by atoms with Gasteiger partial charge in [0, 0.05) is 11.2 Å². The van der Waals surface area contributed by atoms with Crippen molar-refractivity contribution in [1.82, 2.24) is 9.78 Å². The lowest BCUT2D eigenvalue weighted by Crippen LogP contribution is -2.12. The Bertz CT molecular complexity index is 817. The van der Waals surface area contributed by atoms with Gasteiger partial charge in [-0.3, -0.25) is 4.79 Å². The quantitative estimate of drug-likeness (QED) is 0.796. The summed E-state index contributed by atoms with van der Waals surface area (Å²) in [5.41, 5.74) is 1.24. The van der Waals surface area contributed by atoms with Crippen molar-refractivity contribution < 1.29 is 9.18 Å². The Kier molecular flexibility index (Phi) is 3.89. The normalized spacial score (nSPS) is 10.5. The number of aromatic nitrogens is 2. The minimum atomic E-state index is -0.587. The van der Waals surface area contributed by atoms with Gasteiger partial charge in [-0.15, -0.1) is 0 Å². The van der Waals surface area contributed by atoms with Crippen molar-refractivity contribution in [3.63, 3.8) is 0 Å². The first-order valence-corrected chi connectivity index (χ1v) is 6.88. The van der Waals surface area contributed by atoms with E-state index in [9.17, 15) is 9.18 Å². The summed E-state index contributed by atoms with van der Waals surface area (Å²) in [4.78, 5) is 12.1. The molecule has 0 aliphatic carbocycles. The fourth-order valence-corrected chi connectivity index (χ4v) is 2.11. The molecule has 1 aromatic heterocycles. The van der Waals surface area contributed by atoms with Gasteiger partial charge in [0.25, 0.3) is 5.91 Å². The van der Waals surface area contributed by atoms with Gasteiger partial charge < -0.3 is 5.32 Å². The monoisotopic (exact) mass is 315 g/mol. The molecule has 1 amide bonds. The lowest BCUT2D eigenvalue weighted by atomic mass is 10.2. The molecule has 1 heterocycles. The third-order valence-electron chi connectivity index (χ3n) is 3.04. The number of halogens is 2.